The fraction of sp³-hybridized carbons (Fsp3) is 0.917. The predicted octanol–water partition coefficient (Wildman–Crippen LogP) is 1.63. The highest BCUT2D eigenvalue weighted by Crippen LogP contribution is 2.13. The second kappa shape index (κ2) is 19.1. The third-order valence-corrected chi connectivity index (χ3v) is 1.37. The SMILES string of the molecule is CCCCO.CO.COC(C)(C)C.O.O=C(O)C(F)(F)F. The number of carboxylic acids is 1. The molecular weight excluding hydrogens is 297 g/mol. The number of aliphatic hydroxyl groups excluding tert-OH is 2. The molecule has 5 N–H and O–H groups in total. The second-order valence-electron chi connectivity index (χ2n) is 4.20. The molecule has 0 aliphatic carbocycles. The lowest BCUT2D eigenvalue weighted by atomic mass is 10.2. The molecule has 134 valence electrons. The van der Waals surface area contributed by atoms with Crippen LogP contribution in [0.4, 0.5) is 13.2 Å². The smallest absolute Gasteiger partial charge is 0.475 e. The van der Waals surface area contributed by atoms with Crippen molar-refractivity contribution in [3.8, 4) is 0 Å². The number of carbonyl (C=O) groups is 1. The molecule has 9 heteroatoms. The van der Waals surface area contributed by atoms with Crippen LogP contribution in [0.3, 0.4) is 0 Å². The van der Waals surface area contributed by atoms with Crippen molar-refractivity contribution >= 4 is 5.97 Å². The van der Waals surface area contributed by atoms with Gasteiger partial charge in [0.05, 0.1) is 5.60 Å². The zero-order valence-corrected chi connectivity index (χ0v) is 13.4. The summed E-state index contributed by atoms with van der Waals surface area (Å²) in [7, 11) is 2.71. The summed E-state index contributed by atoms with van der Waals surface area (Å²) in [6, 6.07) is 0. The van der Waals surface area contributed by atoms with E-state index >= 15 is 0 Å². The van der Waals surface area contributed by atoms with Crippen LogP contribution in [0.2, 0.25) is 0 Å². The van der Waals surface area contributed by atoms with Crippen LogP contribution in [0, 0.1) is 0 Å². The van der Waals surface area contributed by atoms with Gasteiger partial charge in [0, 0.05) is 20.8 Å². The quantitative estimate of drug-likeness (QED) is 0.712. The molecular formula is C12H29F3O6. The van der Waals surface area contributed by atoms with Crippen molar-refractivity contribution in [2.24, 2.45) is 0 Å². The molecule has 0 atom stereocenters. The maximum absolute atomic E-state index is 10.6. The lowest BCUT2D eigenvalue weighted by Gasteiger charge is -2.14. The first-order valence-electron chi connectivity index (χ1n) is 5.83. The van der Waals surface area contributed by atoms with Crippen molar-refractivity contribution in [2.45, 2.75) is 52.3 Å². The van der Waals surface area contributed by atoms with E-state index in [0.29, 0.717) is 6.61 Å². The minimum absolute atomic E-state index is 0. The predicted molar refractivity (Wildman–Crippen MR) is 74.2 cm³/mol. The van der Waals surface area contributed by atoms with Crippen molar-refractivity contribution in [1.29, 1.82) is 0 Å². The van der Waals surface area contributed by atoms with E-state index in [1.807, 2.05) is 20.8 Å². The van der Waals surface area contributed by atoms with Crippen LogP contribution in [0.15, 0.2) is 0 Å². The number of hydrogen-bond acceptors (Lipinski definition) is 4. The van der Waals surface area contributed by atoms with Crippen molar-refractivity contribution in [1.82, 2.24) is 0 Å². The Balaban J connectivity index is -0.0000000568. The summed E-state index contributed by atoms with van der Waals surface area (Å²) in [5, 5.41) is 22.2. The summed E-state index contributed by atoms with van der Waals surface area (Å²) in [5.74, 6) is -2.76. The van der Waals surface area contributed by atoms with Crippen LogP contribution in [0.1, 0.15) is 40.5 Å². The van der Waals surface area contributed by atoms with Gasteiger partial charge < -0.3 is 25.5 Å². The molecule has 0 aromatic rings. The third kappa shape index (κ3) is 54.7. The number of methoxy groups -OCH3 is 1. The summed E-state index contributed by atoms with van der Waals surface area (Å²) in [6.07, 6.45) is -3.05. The van der Waals surface area contributed by atoms with E-state index in [2.05, 4.69) is 6.92 Å². The van der Waals surface area contributed by atoms with Crippen LogP contribution in [-0.2, 0) is 9.53 Å². The van der Waals surface area contributed by atoms with Crippen LogP contribution in [0.25, 0.3) is 0 Å². The fourth-order valence-electron chi connectivity index (χ4n) is 0.158. The van der Waals surface area contributed by atoms with Crippen LogP contribution in [-0.4, -0.2) is 59.4 Å². The van der Waals surface area contributed by atoms with Crippen molar-refractivity contribution in [3.05, 3.63) is 0 Å². The number of halogens is 3. The van der Waals surface area contributed by atoms with Gasteiger partial charge in [-0.15, -0.1) is 0 Å². The molecule has 0 heterocycles. The maximum Gasteiger partial charge on any atom is 0.490 e. The normalized spacial score (nSPS) is 9.48. The number of ether oxygens (including phenoxy) is 1. The number of unbranched alkanes of at least 4 members (excludes halogenated alkanes) is 1. The van der Waals surface area contributed by atoms with E-state index in [1.54, 1.807) is 7.11 Å². The molecule has 0 fully saturated rings. The van der Waals surface area contributed by atoms with E-state index in [0.717, 1.165) is 20.0 Å². The largest absolute Gasteiger partial charge is 0.490 e. The monoisotopic (exact) mass is 326 g/mol. The van der Waals surface area contributed by atoms with E-state index in [1.165, 1.54) is 0 Å². The molecule has 0 amide bonds. The standard InChI is InChI=1S/C5H12O.C4H10O.C2HF3O2.CH4O.H2O/c1-5(2,3)6-4;1-2-3-4-5;3-2(4,5)1(6)7;1-2;/h1-4H3;5H,2-4H2,1H3;(H,6,7);2H,1H3;1H2. The zero-order chi connectivity index (χ0) is 17.4. The number of carboxylic acid groups (broad SMARTS) is 1. The molecule has 0 radical (unpaired) electrons. The topological polar surface area (TPSA) is 118 Å². The Bertz CT molecular complexity index is 200. The van der Waals surface area contributed by atoms with E-state index in [4.69, 9.17) is 24.9 Å². The Labute approximate surface area is 123 Å². The van der Waals surface area contributed by atoms with Gasteiger partial charge in [-0.25, -0.2) is 4.79 Å². The highest BCUT2D eigenvalue weighted by atomic mass is 19.4. The summed E-state index contributed by atoms with van der Waals surface area (Å²) >= 11 is 0. The summed E-state index contributed by atoms with van der Waals surface area (Å²) in [5.41, 5.74) is 0.0417. The van der Waals surface area contributed by atoms with Crippen molar-refractivity contribution in [3.63, 3.8) is 0 Å². The highest BCUT2D eigenvalue weighted by molar-refractivity contribution is 5.73. The van der Waals surface area contributed by atoms with Gasteiger partial charge >= 0.3 is 12.1 Å². The van der Waals surface area contributed by atoms with Gasteiger partial charge in [0.15, 0.2) is 0 Å². The fourth-order valence-corrected chi connectivity index (χ4v) is 0.158. The van der Waals surface area contributed by atoms with Gasteiger partial charge in [-0.05, 0) is 27.2 Å². The molecule has 0 saturated heterocycles. The molecule has 0 saturated carbocycles. The summed E-state index contributed by atoms with van der Waals surface area (Å²) in [6.45, 7) is 8.46. The maximum atomic E-state index is 10.6. The van der Waals surface area contributed by atoms with E-state index < -0.39 is 12.1 Å². The average Bonchev–Trinajstić information content (AvgIpc) is 2.32. The van der Waals surface area contributed by atoms with Crippen LogP contribution in [0.5, 0.6) is 0 Å². The number of rotatable bonds is 2. The Morgan fingerprint density at radius 3 is 1.38 bits per heavy atom. The molecule has 0 spiro atoms. The van der Waals surface area contributed by atoms with Gasteiger partial charge in [-0.2, -0.15) is 13.2 Å². The Hall–Kier alpha value is -0.900. The molecule has 0 bridgehead atoms. The second-order valence-corrected chi connectivity index (χ2v) is 4.20. The Kier molecular flexibility index (Phi) is 29.2. The first kappa shape index (κ1) is 32.2. The minimum atomic E-state index is -5.08. The summed E-state index contributed by atoms with van der Waals surface area (Å²) < 4.78 is 36.7. The molecule has 6 nitrogen and oxygen atoms in total. The van der Waals surface area contributed by atoms with Crippen molar-refractivity contribution < 1.29 is 43.5 Å². The van der Waals surface area contributed by atoms with Gasteiger partial charge in [0.25, 0.3) is 0 Å². The molecule has 21 heavy (non-hydrogen) atoms. The van der Waals surface area contributed by atoms with Crippen molar-refractivity contribution in [2.75, 3.05) is 20.8 Å². The lowest BCUT2D eigenvalue weighted by molar-refractivity contribution is -0.192. The molecule has 0 aromatic carbocycles. The zero-order valence-electron chi connectivity index (χ0n) is 13.4. The summed E-state index contributed by atoms with van der Waals surface area (Å²) in [4.78, 5) is 8.90. The molecule has 0 aromatic heterocycles. The molecule has 0 unspecified atom stereocenters. The van der Waals surface area contributed by atoms with E-state index in [9.17, 15) is 13.2 Å². The number of aliphatic carboxylic acids is 1. The Morgan fingerprint density at radius 2 is 1.38 bits per heavy atom. The average molecular weight is 326 g/mol. The number of aliphatic hydroxyl groups is 2. The first-order chi connectivity index (χ1) is 8.92. The van der Waals surface area contributed by atoms with Gasteiger partial charge in [0.1, 0.15) is 0 Å². The molecule has 0 aliphatic rings. The minimum Gasteiger partial charge on any atom is -0.475 e. The highest BCUT2D eigenvalue weighted by Gasteiger charge is 2.38. The lowest BCUT2D eigenvalue weighted by Crippen LogP contribution is -2.21. The van der Waals surface area contributed by atoms with Gasteiger partial charge in [0.2, 0.25) is 0 Å². The van der Waals surface area contributed by atoms with Gasteiger partial charge in [-0.1, -0.05) is 13.3 Å². The number of hydrogen-bond donors (Lipinski definition) is 3. The molecule has 0 rings (SSSR count). The van der Waals surface area contributed by atoms with E-state index in [-0.39, 0.29) is 11.1 Å². The van der Waals surface area contributed by atoms with Crippen LogP contribution < -0.4 is 0 Å². The molecule has 0 aliphatic heterocycles. The number of alkyl halides is 3. The van der Waals surface area contributed by atoms with Crippen LogP contribution >= 0.6 is 0 Å². The van der Waals surface area contributed by atoms with Gasteiger partial charge in [-0.3, -0.25) is 0 Å². The Morgan fingerprint density at radius 1 is 1.14 bits per heavy atom. The first-order valence-corrected chi connectivity index (χ1v) is 5.83. The third-order valence-electron chi connectivity index (χ3n) is 1.37.